The van der Waals surface area contributed by atoms with Crippen LogP contribution >= 0.6 is 0 Å². The van der Waals surface area contributed by atoms with Gasteiger partial charge in [0.1, 0.15) is 5.52 Å². The normalized spacial score (nSPS) is 25.3. The maximum Gasteiger partial charge on any atom is 0.169 e. The highest BCUT2D eigenvalue weighted by molar-refractivity contribution is 5.88. The molecule has 0 saturated carbocycles. The van der Waals surface area contributed by atoms with Crippen LogP contribution in [0.15, 0.2) is 24.4 Å². The van der Waals surface area contributed by atoms with Crippen LogP contribution in [0.3, 0.4) is 0 Å². The largest absolute Gasteiger partial charge is 0.313 e. The summed E-state index contributed by atoms with van der Waals surface area (Å²) in [5, 5.41) is 15.5. The lowest BCUT2D eigenvalue weighted by Crippen LogP contribution is -2.43. The summed E-state index contributed by atoms with van der Waals surface area (Å²) in [6.07, 6.45) is 4.96. The van der Waals surface area contributed by atoms with Crippen LogP contribution in [0.4, 0.5) is 0 Å². The molecule has 19 heavy (non-hydrogen) atoms. The Balaban J connectivity index is 1.99. The second kappa shape index (κ2) is 3.81. The Morgan fingerprint density at radius 3 is 3.16 bits per heavy atom. The van der Waals surface area contributed by atoms with Crippen LogP contribution in [-0.2, 0) is 6.42 Å². The molecule has 5 heteroatoms. The zero-order chi connectivity index (χ0) is 13.0. The number of piperidine rings is 1. The van der Waals surface area contributed by atoms with Crippen molar-refractivity contribution in [1.29, 1.82) is 0 Å². The summed E-state index contributed by atoms with van der Waals surface area (Å²) in [6.45, 7) is 1.06. The fourth-order valence-electron chi connectivity index (χ4n) is 3.76. The molecule has 5 nitrogen and oxygen atoms in total. The molecule has 0 amide bonds. The third-order valence-electron chi connectivity index (χ3n) is 4.52. The van der Waals surface area contributed by atoms with Gasteiger partial charge < -0.3 is 5.32 Å². The minimum absolute atomic E-state index is 0.335. The van der Waals surface area contributed by atoms with E-state index in [9.17, 15) is 10.1 Å². The molecule has 2 aliphatic rings. The van der Waals surface area contributed by atoms with E-state index in [1.165, 1.54) is 23.1 Å². The van der Waals surface area contributed by atoms with Gasteiger partial charge in [-0.2, -0.15) is 0 Å². The van der Waals surface area contributed by atoms with Gasteiger partial charge in [-0.05, 0) is 43.0 Å². The summed E-state index contributed by atoms with van der Waals surface area (Å²) in [7, 11) is 0. The van der Waals surface area contributed by atoms with Crippen molar-refractivity contribution in [2.24, 2.45) is 0 Å². The predicted octanol–water partition coefficient (Wildman–Crippen LogP) is 2.07. The number of fused-ring (bicyclic) bond motifs is 2. The molecular formula is C14H15N3O2. The molecule has 4 rings (SSSR count). The molecule has 1 aromatic heterocycles. The van der Waals surface area contributed by atoms with Gasteiger partial charge in [0.25, 0.3) is 0 Å². The second-order valence-corrected chi connectivity index (χ2v) is 5.49. The highest BCUT2D eigenvalue weighted by Gasteiger charge is 2.34. The monoisotopic (exact) mass is 257 g/mol. The number of nitrogens with one attached hydrogen (secondary N) is 1. The topological polar surface area (TPSA) is 60.1 Å². The average Bonchev–Trinajstić information content (AvgIpc) is 2.80. The molecule has 2 aromatic rings. The van der Waals surface area contributed by atoms with E-state index in [-0.39, 0.29) is 5.03 Å². The number of rotatable bonds is 1. The van der Waals surface area contributed by atoms with Gasteiger partial charge in [-0.1, -0.05) is 16.8 Å². The lowest BCUT2D eigenvalue weighted by Gasteiger charge is -2.36. The summed E-state index contributed by atoms with van der Waals surface area (Å²) < 4.78 is 1.17. The van der Waals surface area contributed by atoms with Gasteiger partial charge >= 0.3 is 0 Å². The molecule has 0 unspecified atom stereocenters. The standard InChI is InChI=1S/C14H15N3O2/c18-17(19)16-8-9-7-12-10(4-2-6-15-12)11-3-1-5-13(16)14(9)11/h1,3,5,8,10,12,15H,2,4,6-7H2/t10-,12-/m1/s1. The number of hydrogen-bond acceptors (Lipinski definition) is 3. The number of hydrogen-bond donors (Lipinski definition) is 1. The Labute approximate surface area is 110 Å². The van der Waals surface area contributed by atoms with Gasteiger partial charge in [0.05, 0.1) is 6.20 Å². The third kappa shape index (κ3) is 1.45. The third-order valence-corrected chi connectivity index (χ3v) is 4.52. The van der Waals surface area contributed by atoms with Crippen molar-refractivity contribution in [1.82, 2.24) is 9.99 Å². The summed E-state index contributed by atoms with van der Waals surface area (Å²) in [6, 6.07) is 6.37. The van der Waals surface area contributed by atoms with E-state index in [0.717, 1.165) is 29.4 Å². The smallest absolute Gasteiger partial charge is 0.169 e. The quantitative estimate of drug-likeness (QED) is 0.628. The molecule has 0 radical (unpaired) electrons. The highest BCUT2D eigenvalue weighted by Crippen LogP contribution is 2.41. The maximum atomic E-state index is 11.1. The van der Waals surface area contributed by atoms with Crippen LogP contribution in [0.2, 0.25) is 0 Å². The van der Waals surface area contributed by atoms with Crippen molar-refractivity contribution in [3.63, 3.8) is 0 Å². The Morgan fingerprint density at radius 2 is 2.32 bits per heavy atom. The molecule has 1 aliphatic carbocycles. The van der Waals surface area contributed by atoms with Gasteiger partial charge in [-0.3, -0.25) is 0 Å². The summed E-state index contributed by atoms with van der Waals surface area (Å²) >= 11 is 0. The zero-order valence-electron chi connectivity index (χ0n) is 10.5. The molecule has 98 valence electrons. The molecule has 1 aromatic carbocycles. The van der Waals surface area contributed by atoms with Gasteiger partial charge in [-0.25, -0.2) is 10.1 Å². The van der Waals surface area contributed by atoms with E-state index in [4.69, 9.17) is 0 Å². The van der Waals surface area contributed by atoms with Gasteiger partial charge in [-0.15, -0.1) is 0 Å². The Morgan fingerprint density at radius 1 is 1.42 bits per heavy atom. The van der Waals surface area contributed by atoms with Crippen molar-refractivity contribution < 1.29 is 5.03 Å². The van der Waals surface area contributed by atoms with E-state index in [0.29, 0.717) is 12.0 Å². The van der Waals surface area contributed by atoms with Gasteiger partial charge in [0.2, 0.25) is 0 Å². The van der Waals surface area contributed by atoms with E-state index in [1.807, 2.05) is 12.1 Å². The molecule has 1 saturated heterocycles. The van der Waals surface area contributed by atoms with Crippen molar-refractivity contribution in [2.45, 2.75) is 31.2 Å². The van der Waals surface area contributed by atoms with Crippen LogP contribution in [0, 0.1) is 10.1 Å². The van der Waals surface area contributed by atoms with Crippen LogP contribution in [-0.4, -0.2) is 22.3 Å². The Hall–Kier alpha value is -1.88. The van der Waals surface area contributed by atoms with Gasteiger partial charge in [0, 0.05) is 17.3 Å². The van der Waals surface area contributed by atoms with Crippen LogP contribution in [0.1, 0.15) is 29.9 Å². The molecule has 0 bridgehead atoms. The first-order chi connectivity index (χ1) is 9.25. The molecule has 2 heterocycles. The lowest BCUT2D eigenvalue weighted by molar-refractivity contribution is -0.537. The molecule has 0 spiro atoms. The summed E-state index contributed by atoms with van der Waals surface area (Å²) in [5.41, 5.74) is 3.14. The van der Waals surface area contributed by atoms with Gasteiger partial charge in [0.15, 0.2) is 5.03 Å². The maximum absolute atomic E-state index is 11.1. The Kier molecular flexibility index (Phi) is 2.20. The van der Waals surface area contributed by atoms with Crippen LogP contribution < -0.4 is 5.32 Å². The summed E-state index contributed by atoms with van der Waals surface area (Å²) in [4.78, 5) is 11.1. The first kappa shape index (κ1) is 11.0. The number of benzene rings is 1. The van der Waals surface area contributed by atoms with E-state index < -0.39 is 0 Å². The first-order valence-electron chi connectivity index (χ1n) is 6.76. The fourth-order valence-corrected chi connectivity index (χ4v) is 3.76. The second-order valence-electron chi connectivity index (χ2n) is 5.49. The van der Waals surface area contributed by atoms with Crippen molar-refractivity contribution in [2.75, 3.05) is 6.54 Å². The predicted molar refractivity (Wildman–Crippen MR) is 71.8 cm³/mol. The summed E-state index contributed by atoms with van der Waals surface area (Å²) in [5.74, 6) is 0.507. The average molecular weight is 257 g/mol. The van der Waals surface area contributed by atoms with E-state index in [2.05, 4.69) is 11.4 Å². The number of nitro groups is 1. The minimum Gasteiger partial charge on any atom is -0.313 e. The zero-order valence-corrected chi connectivity index (χ0v) is 10.5. The molecular weight excluding hydrogens is 242 g/mol. The number of aromatic nitrogens is 1. The minimum atomic E-state index is -0.335. The number of nitrogens with zero attached hydrogens (tertiary/aromatic N) is 2. The molecule has 1 aliphatic heterocycles. The first-order valence-corrected chi connectivity index (χ1v) is 6.76. The SMILES string of the molecule is O=[N+]([O-])n1cc2c3c(cccc31)[C@H]1CCCN[C@@H]1C2. The van der Waals surface area contributed by atoms with Crippen molar-refractivity contribution in [3.8, 4) is 0 Å². The van der Waals surface area contributed by atoms with Crippen LogP contribution in [0.25, 0.3) is 10.9 Å². The van der Waals surface area contributed by atoms with Crippen molar-refractivity contribution in [3.05, 3.63) is 45.6 Å². The molecule has 1 N–H and O–H groups in total. The van der Waals surface area contributed by atoms with Crippen molar-refractivity contribution >= 4 is 10.9 Å². The van der Waals surface area contributed by atoms with Crippen LogP contribution in [0.5, 0.6) is 0 Å². The Bertz CT molecular complexity index is 677. The highest BCUT2D eigenvalue weighted by atomic mass is 16.7. The molecule has 1 fully saturated rings. The lowest BCUT2D eigenvalue weighted by atomic mass is 9.76. The van der Waals surface area contributed by atoms with E-state index >= 15 is 0 Å². The van der Waals surface area contributed by atoms with E-state index in [1.54, 1.807) is 6.20 Å². The fraction of sp³-hybridized carbons (Fsp3) is 0.429. The molecule has 2 atom stereocenters.